The Hall–Kier alpha value is -3.72. The van der Waals surface area contributed by atoms with E-state index < -0.39 is 11.9 Å². The summed E-state index contributed by atoms with van der Waals surface area (Å²) < 4.78 is 15.4. The molecule has 2 aromatic carbocycles. The first-order chi connectivity index (χ1) is 14.6. The maximum atomic E-state index is 12.3. The summed E-state index contributed by atoms with van der Waals surface area (Å²) in [6.07, 6.45) is 2.94. The van der Waals surface area contributed by atoms with Gasteiger partial charge in [0.2, 0.25) is 5.01 Å². The van der Waals surface area contributed by atoms with Crippen molar-refractivity contribution in [2.45, 2.75) is 6.61 Å². The zero-order valence-electron chi connectivity index (χ0n) is 16.3. The van der Waals surface area contributed by atoms with Gasteiger partial charge in [0, 0.05) is 11.8 Å². The van der Waals surface area contributed by atoms with Gasteiger partial charge in [-0.05, 0) is 48.0 Å². The van der Waals surface area contributed by atoms with Crippen molar-refractivity contribution < 1.29 is 23.8 Å². The van der Waals surface area contributed by atoms with Crippen LogP contribution in [-0.4, -0.2) is 36.3 Å². The van der Waals surface area contributed by atoms with Crippen LogP contribution in [0.15, 0.2) is 54.6 Å². The van der Waals surface area contributed by atoms with E-state index in [1.807, 2.05) is 18.2 Å². The summed E-state index contributed by atoms with van der Waals surface area (Å²) in [7, 11) is 3.14. The average Bonchev–Trinajstić information content (AvgIpc) is 3.26. The standard InChI is InChI=1S/C21H19N3O5S/c1-27-16-9-7-15(8-10-16)22-20(26)21-24-23-18(30-21)13-29-19(25)11-6-14-4-3-5-17(12-14)28-2/h3-12H,13H2,1-2H3,(H,22,26)/b11-6+. The number of nitrogens with zero attached hydrogens (tertiary/aromatic N) is 2. The molecule has 1 N–H and O–H groups in total. The largest absolute Gasteiger partial charge is 0.497 e. The summed E-state index contributed by atoms with van der Waals surface area (Å²) in [4.78, 5) is 24.2. The normalized spacial score (nSPS) is 10.6. The van der Waals surface area contributed by atoms with Gasteiger partial charge in [-0.25, -0.2) is 4.79 Å². The molecule has 0 saturated carbocycles. The van der Waals surface area contributed by atoms with Gasteiger partial charge in [0.25, 0.3) is 5.91 Å². The first-order valence-electron chi connectivity index (χ1n) is 8.84. The topological polar surface area (TPSA) is 99.6 Å². The van der Waals surface area contributed by atoms with Crippen molar-refractivity contribution in [2.24, 2.45) is 0 Å². The van der Waals surface area contributed by atoms with E-state index >= 15 is 0 Å². The number of benzene rings is 2. The van der Waals surface area contributed by atoms with Crippen LogP contribution < -0.4 is 14.8 Å². The highest BCUT2D eigenvalue weighted by Crippen LogP contribution is 2.18. The lowest BCUT2D eigenvalue weighted by molar-refractivity contribution is -0.138. The molecule has 0 aliphatic rings. The van der Waals surface area contributed by atoms with Crippen LogP contribution in [-0.2, 0) is 16.1 Å². The molecule has 0 spiro atoms. The molecule has 3 aromatic rings. The SMILES string of the molecule is COc1ccc(NC(=O)c2nnc(COC(=O)/C=C/c3cccc(OC)c3)s2)cc1. The molecular weight excluding hydrogens is 406 g/mol. The number of amides is 1. The number of ether oxygens (including phenoxy) is 3. The monoisotopic (exact) mass is 425 g/mol. The molecule has 30 heavy (non-hydrogen) atoms. The summed E-state index contributed by atoms with van der Waals surface area (Å²) in [5, 5.41) is 11.0. The highest BCUT2D eigenvalue weighted by atomic mass is 32.1. The highest BCUT2D eigenvalue weighted by Gasteiger charge is 2.14. The number of carbonyl (C=O) groups excluding carboxylic acids is 2. The molecule has 0 radical (unpaired) electrons. The van der Waals surface area contributed by atoms with Gasteiger partial charge in [-0.1, -0.05) is 23.5 Å². The Balaban J connectivity index is 1.51. The Labute approximate surface area is 177 Å². The van der Waals surface area contributed by atoms with Gasteiger partial charge >= 0.3 is 5.97 Å². The number of hydrogen-bond acceptors (Lipinski definition) is 8. The third-order valence-corrected chi connectivity index (χ3v) is 4.75. The number of anilines is 1. The van der Waals surface area contributed by atoms with Crippen LogP contribution in [0.2, 0.25) is 0 Å². The third kappa shape index (κ3) is 5.89. The van der Waals surface area contributed by atoms with Gasteiger partial charge in [-0.3, -0.25) is 4.79 Å². The van der Waals surface area contributed by atoms with E-state index in [1.54, 1.807) is 50.6 Å². The van der Waals surface area contributed by atoms with Crippen molar-refractivity contribution in [3.8, 4) is 11.5 Å². The third-order valence-electron chi connectivity index (χ3n) is 3.85. The maximum absolute atomic E-state index is 12.3. The number of rotatable bonds is 8. The molecular formula is C21H19N3O5S. The molecule has 1 amide bonds. The number of carbonyl (C=O) groups is 2. The Morgan fingerprint density at radius 3 is 2.53 bits per heavy atom. The number of esters is 1. The van der Waals surface area contributed by atoms with E-state index in [9.17, 15) is 9.59 Å². The Bertz CT molecular complexity index is 1050. The fourth-order valence-electron chi connectivity index (χ4n) is 2.35. The molecule has 0 saturated heterocycles. The lowest BCUT2D eigenvalue weighted by atomic mass is 10.2. The van der Waals surface area contributed by atoms with Crippen LogP contribution in [0.25, 0.3) is 6.08 Å². The summed E-state index contributed by atoms with van der Waals surface area (Å²) in [6, 6.07) is 14.2. The minimum absolute atomic E-state index is 0.0746. The second kappa shape index (κ2) is 10.2. The number of hydrogen-bond donors (Lipinski definition) is 1. The van der Waals surface area contributed by atoms with Crippen LogP contribution in [0.5, 0.6) is 11.5 Å². The predicted molar refractivity (Wildman–Crippen MR) is 113 cm³/mol. The van der Waals surface area contributed by atoms with Gasteiger partial charge in [0.05, 0.1) is 14.2 Å². The highest BCUT2D eigenvalue weighted by molar-refractivity contribution is 7.13. The first-order valence-corrected chi connectivity index (χ1v) is 9.65. The summed E-state index contributed by atoms with van der Waals surface area (Å²) >= 11 is 1.05. The van der Waals surface area contributed by atoms with Crippen molar-refractivity contribution >= 4 is 35.0 Å². The van der Waals surface area contributed by atoms with Crippen molar-refractivity contribution in [3.63, 3.8) is 0 Å². The zero-order valence-corrected chi connectivity index (χ0v) is 17.1. The fourth-order valence-corrected chi connectivity index (χ4v) is 3.00. The molecule has 9 heteroatoms. The van der Waals surface area contributed by atoms with Crippen LogP contribution >= 0.6 is 11.3 Å². The van der Waals surface area contributed by atoms with E-state index in [2.05, 4.69) is 15.5 Å². The van der Waals surface area contributed by atoms with E-state index in [4.69, 9.17) is 14.2 Å². The molecule has 0 aliphatic heterocycles. The smallest absolute Gasteiger partial charge is 0.331 e. The molecule has 3 rings (SSSR count). The summed E-state index contributed by atoms with van der Waals surface area (Å²) in [5.74, 6) is 0.457. The summed E-state index contributed by atoms with van der Waals surface area (Å²) in [5.41, 5.74) is 1.41. The van der Waals surface area contributed by atoms with Gasteiger partial charge in [-0.15, -0.1) is 10.2 Å². The quantitative estimate of drug-likeness (QED) is 0.435. The van der Waals surface area contributed by atoms with Crippen molar-refractivity contribution in [1.29, 1.82) is 0 Å². The van der Waals surface area contributed by atoms with Crippen LogP contribution in [0.1, 0.15) is 20.4 Å². The van der Waals surface area contributed by atoms with Gasteiger partial charge in [-0.2, -0.15) is 0 Å². The van der Waals surface area contributed by atoms with E-state index in [1.165, 1.54) is 6.08 Å². The number of nitrogens with one attached hydrogen (secondary N) is 1. The van der Waals surface area contributed by atoms with Crippen LogP contribution in [0, 0.1) is 0 Å². The molecule has 0 atom stereocenters. The Morgan fingerprint density at radius 2 is 1.80 bits per heavy atom. The number of methoxy groups -OCH3 is 2. The van der Waals surface area contributed by atoms with E-state index in [0.717, 1.165) is 16.9 Å². The first kappa shape index (κ1) is 21.0. The Morgan fingerprint density at radius 1 is 1.03 bits per heavy atom. The molecule has 1 heterocycles. The molecule has 0 bridgehead atoms. The van der Waals surface area contributed by atoms with Crippen molar-refractivity contribution in [3.05, 3.63) is 70.2 Å². The van der Waals surface area contributed by atoms with Crippen LogP contribution in [0.4, 0.5) is 5.69 Å². The zero-order chi connectivity index (χ0) is 21.3. The molecule has 0 unspecified atom stereocenters. The van der Waals surface area contributed by atoms with Crippen molar-refractivity contribution in [2.75, 3.05) is 19.5 Å². The second-order valence-electron chi connectivity index (χ2n) is 5.90. The number of aromatic nitrogens is 2. The summed E-state index contributed by atoms with van der Waals surface area (Å²) in [6.45, 7) is -0.0746. The van der Waals surface area contributed by atoms with Crippen molar-refractivity contribution in [1.82, 2.24) is 10.2 Å². The van der Waals surface area contributed by atoms with Gasteiger partial charge in [0.15, 0.2) is 5.01 Å². The minimum Gasteiger partial charge on any atom is -0.497 e. The molecule has 154 valence electrons. The Kier molecular flexibility index (Phi) is 7.12. The molecule has 1 aromatic heterocycles. The lowest BCUT2D eigenvalue weighted by Crippen LogP contribution is -2.11. The van der Waals surface area contributed by atoms with Crippen LogP contribution in [0.3, 0.4) is 0 Å². The molecule has 8 nitrogen and oxygen atoms in total. The van der Waals surface area contributed by atoms with E-state index in [0.29, 0.717) is 22.2 Å². The molecule has 0 fully saturated rings. The fraction of sp³-hybridized carbons (Fsp3) is 0.143. The lowest BCUT2D eigenvalue weighted by Gasteiger charge is -2.03. The maximum Gasteiger partial charge on any atom is 0.331 e. The predicted octanol–water partition coefficient (Wildman–Crippen LogP) is 3.56. The second-order valence-corrected chi connectivity index (χ2v) is 6.96. The average molecular weight is 425 g/mol. The molecule has 0 aliphatic carbocycles. The van der Waals surface area contributed by atoms with E-state index in [-0.39, 0.29) is 11.6 Å². The van der Waals surface area contributed by atoms with Gasteiger partial charge < -0.3 is 19.5 Å². The van der Waals surface area contributed by atoms with Gasteiger partial charge in [0.1, 0.15) is 18.1 Å². The minimum atomic E-state index is -0.530.